The lowest BCUT2D eigenvalue weighted by Gasteiger charge is -2.11. The van der Waals surface area contributed by atoms with Crippen molar-refractivity contribution in [3.8, 4) is 11.5 Å². The van der Waals surface area contributed by atoms with E-state index in [1.165, 1.54) is 6.33 Å². The van der Waals surface area contributed by atoms with E-state index in [2.05, 4.69) is 20.3 Å². The second kappa shape index (κ2) is 6.93. The van der Waals surface area contributed by atoms with Crippen LogP contribution >= 0.6 is 11.6 Å². The fourth-order valence-corrected chi connectivity index (χ4v) is 2.18. The van der Waals surface area contributed by atoms with Gasteiger partial charge in [-0.2, -0.15) is 0 Å². The number of carbonyl (C=O) groups excluding carboxylic acids is 1. The Morgan fingerprint density at radius 2 is 2.12 bits per heavy atom. The molecule has 2 heterocycles. The average molecular weight is 342 g/mol. The highest BCUT2D eigenvalue weighted by Gasteiger charge is 2.10. The zero-order valence-electron chi connectivity index (χ0n) is 12.3. The predicted molar refractivity (Wildman–Crippen MR) is 90.9 cm³/mol. The van der Waals surface area contributed by atoms with Crippen LogP contribution in [0.2, 0.25) is 5.02 Å². The van der Waals surface area contributed by atoms with E-state index in [0.717, 1.165) is 0 Å². The molecule has 8 heteroatoms. The lowest BCUT2D eigenvalue weighted by Crippen LogP contribution is -2.04. The van der Waals surface area contributed by atoms with E-state index in [1.54, 1.807) is 42.7 Å². The fourth-order valence-electron chi connectivity index (χ4n) is 1.96. The lowest BCUT2D eigenvalue weighted by atomic mass is 10.2. The number of nitrogens with one attached hydrogen (secondary N) is 1. The van der Waals surface area contributed by atoms with Crippen LogP contribution in [0.3, 0.4) is 0 Å². The summed E-state index contributed by atoms with van der Waals surface area (Å²) in [5.74, 6) is 1.46. The van der Waals surface area contributed by atoms with Crippen molar-refractivity contribution in [1.29, 1.82) is 0 Å². The summed E-state index contributed by atoms with van der Waals surface area (Å²) in [5.41, 5.74) is 6.46. The number of nitrogen functional groups attached to an aromatic ring is 1. The molecule has 0 saturated heterocycles. The molecule has 3 N–H and O–H groups in total. The maximum absolute atomic E-state index is 11.1. The molecule has 0 radical (unpaired) electrons. The molecule has 24 heavy (non-hydrogen) atoms. The molecule has 0 unspecified atom stereocenters. The molecule has 0 spiro atoms. The quantitative estimate of drug-likeness (QED) is 0.685. The second-order valence-corrected chi connectivity index (χ2v) is 5.11. The molecular weight excluding hydrogens is 330 g/mol. The summed E-state index contributed by atoms with van der Waals surface area (Å²) in [6.07, 6.45) is 5.10. The molecule has 0 bridgehead atoms. The Labute approximate surface area is 142 Å². The molecule has 0 aliphatic rings. The number of nitrogens with two attached hydrogens (primary N) is 1. The van der Waals surface area contributed by atoms with E-state index in [-0.39, 0.29) is 11.4 Å². The number of pyridine rings is 1. The number of anilines is 3. The van der Waals surface area contributed by atoms with Crippen molar-refractivity contribution < 1.29 is 9.53 Å². The van der Waals surface area contributed by atoms with Gasteiger partial charge in [-0.05, 0) is 30.3 Å². The molecule has 3 rings (SSSR count). The van der Waals surface area contributed by atoms with E-state index >= 15 is 0 Å². The molecule has 3 aromatic rings. The van der Waals surface area contributed by atoms with Crippen molar-refractivity contribution in [3.05, 3.63) is 59.6 Å². The zero-order valence-corrected chi connectivity index (χ0v) is 13.1. The van der Waals surface area contributed by atoms with Crippen molar-refractivity contribution in [3.63, 3.8) is 0 Å². The smallest absolute Gasteiger partial charge is 0.157 e. The summed E-state index contributed by atoms with van der Waals surface area (Å²) in [6, 6.07) is 8.63. The minimum absolute atomic E-state index is 0.102. The van der Waals surface area contributed by atoms with Gasteiger partial charge in [0, 0.05) is 11.9 Å². The highest BCUT2D eigenvalue weighted by Crippen LogP contribution is 2.32. The number of aldehydes is 1. The van der Waals surface area contributed by atoms with Crippen LogP contribution in [0.4, 0.5) is 17.3 Å². The number of halogens is 1. The van der Waals surface area contributed by atoms with Gasteiger partial charge in [-0.15, -0.1) is 0 Å². The third kappa shape index (κ3) is 3.41. The maximum atomic E-state index is 11.1. The fraction of sp³-hybridized carbons (Fsp3) is 0. The first-order valence-corrected chi connectivity index (χ1v) is 7.25. The van der Waals surface area contributed by atoms with Crippen LogP contribution in [0, 0.1) is 0 Å². The first kappa shape index (κ1) is 15.7. The molecule has 0 amide bonds. The zero-order chi connectivity index (χ0) is 16.9. The Morgan fingerprint density at radius 3 is 2.83 bits per heavy atom. The molecule has 0 saturated carbocycles. The Kier molecular flexibility index (Phi) is 4.53. The van der Waals surface area contributed by atoms with E-state index in [9.17, 15) is 4.79 Å². The number of carbonyl (C=O) groups is 1. The summed E-state index contributed by atoms with van der Waals surface area (Å²) >= 11 is 6.24. The molecule has 1 aromatic carbocycles. The third-order valence-electron chi connectivity index (χ3n) is 3.09. The van der Waals surface area contributed by atoms with Gasteiger partial charge < -0.3 is 15.8 Å². The molecule has 0 fully saturated rings. The number of aromatic nitrogens is 3. The normalized spacial score (nSPS) is 10.2. The molecule has 120 valence electrons. The van der Waals surface area contributed by atoms with Gasteiger partial charge in [-0.3, -0.25) is 9.78 Å². The van der Waals surface area contributed by atoms with Crippen LogP contribution in [-0.4, -0.2) is 21.2 Å². The number of hydrogen-bond acceptors (Lipinski definition) is 7. The average Bonchev–Trinajstić information content (AvgIpc) is 2.58. The number of rotatable bonds is 5. The minimum Gasteiger partial charge on any atom is -0.454 e. The molecule has 0 atom stereocenters. The second-order valence-electron chi connectivity index (χ2n) is 4.70. The van der Waals surface area contributed by atoms with Crippen molar-refractivity contribution >= 4 is 35.2 Å². The van der Waals surface area contributed by atoms with E-state index in [4.69, 9.17) is 22.1 Å². The first-order chi connectivity index (χ1) is 11.7. The lowest BCUT2D eigenvalue weighted by molar-refractivity contribution is 0.112. The Hall–Kier alpha value is -3.19. The SMILES string of the molecule is Nc1ncnc(Nc2ccc(Oc3cccnc3)c(Cl)c2)c1C=O. The monoisotopic (exact) mass is 341 g/mol. The first-order valence-electron chi connectivity index (χ1n) is 6.87. The summed E-state index contributed by atoms with van der Waals surface area (Å²) in [6.45, 7) is 0. The van der Waals surface area contributed by atoms with Crippen LogP contribution in [0.5, 0.6) is 11.5 Å². The summed E-state index contributed by atoms with van der Waals surface area (Å²) in [7, 11) is 0. The topological polar surface area (TPSA) is 103 Å². The van der Waals surface area contributed by atoms with Gasteiger partial charge in [0.1, 0.15) is 29.5 Å². The Bertz CT molecular complexity index is 874. The van der Waals surface area contributed by atoms with Gasteiger partial charge >= 0.3 is 0 Å². The largest absolute Gasteiger partial charge is 0.454 e. The van der Waals surface area contributed by atoms with Crippen LogP contribution in [0.25, 0.3) is 0 Å². The maximum Gasteiger partial charge on any atom is 0.157 e. The number of nitrogens with zero attached hydrogens (tertiary/aromatic N) is 3. The van der Waals surface area contributed by atoms with Crippen LogP contribution < -0.4 is 15.8 Å². The standard InChI is InChI=1S/C16H12ClN5O2/c17-13-6-10(22-16-12(8-23)15(18)20-9-21-16)3-4-14(13)24-11-2-1-5-19-7-11/h1-9H,(H3,18,20,21,22). The van der Waals surface area contributed by atoms with Crippen molar-refractivity contribution in [2.24, 2.45) is 0 Å². The van der Waals surface area contributed by atoms with Crippen molar-refractivity contribution in [2.45, 2.75) is 0 Å². The summed E-state index contributed by atoms with van der Waals surface area (Å²) < 4.78 is 5.65. The third-order valence-corrected chi connectivity index (χ3v) is 3.38. The van der Waals surface area contributed by atoms with Crippen LogP contribution in [-0.2, 0) is 0 Å². The molecule has 7 nitrogen and oxygen atoms in total. The van der Waals surface area contributed by atoms with Gasteiger partial charge in [-0.25, -0.2) is 9.97 Å². The molecular formula is C16H12ClN5O2. The Balaban J connectivity index is 1.83. The Morgan fingerprint density at radius 1 is 1.25 bits per heavy atom. The van der Waals surface area contributed by atoms with Crippen LogP contribution in [0.1, 0.15) is 10.4 Å². The van der Waals surface area contributed by atoms with Gasteiger partial charge in [-0.1, -0.05) is 11.6 Å². The van der Waals surface area contributed by atoms with E-state index in [0.29, 0.717) is 34.3 Å². The predicted octanol–water partition coefficient (Wildman–Crippen LogP) is 3.46. The molecule has 0 aliphatic heterocycles. The minimum atomic E-state index is 0.102. The number of benzene rings is 1. The molecule has 2 aromatic heterocycles. The number of ether oxygens (including phenoxy) is 1. The van der Waals surface area contributed by atoms with Crippen molar-refractivity contribution in [2.75, 3.05) is 11.1 Å². The van der Waals surface area contributed by atoms with Gasteiger partial charge in [0.05, 0.1) is 16.8 Å². The highest BCUT2D eigenvalue weighted by atomic mass is 35.5. The van der Waals surface area contributed by atoms with E-state index in [1.807, 2.05) is 0 Å². The van der Waals surface area contributed by atoms with Gasteiger partial charge in [0.2, 0.25) is 0 Å². The van der Waals surface area contributed by atoms with E-state index < -0.39 is 0 Å². The summed E-state index contributed by atoms with van der Waals surface area (Å²) in [4.78, 5) is 22.9. The van der Waals surface area contributed by atoms with Crippen LogP contribution in [0.15, 0.2) is 49.1 Å². The van der Waals surface area contributed by atoms with Gasteiger partial charge in [0.25, 0.3) is 0 Å². The summed E-state index contributed by atoms with van der Waals surface area (Å²) in [5, 5.41) is 3.37. The van der Waals surface area contributed by atoms with Crippen molar-refractivity contribution in [1.82, 2.24) is 15.0 Å². The highest BCUT2D eigenvalue weighted by molar-refractivity contribution is 6.32. The number of hydrogen-bond donors (Lipinski definition) is 2. The molecule has 0 aliphatic carbocycles. The van der Waals surface area contributed by atoms with Gasteiger partial charge in [0.15, 0.2) is 6.29 Å².